The number of benzene rings is 2. The number of rotatable bonds is 6. The average molecular weight is 589 g/mol. The van der Waals surface area contributed by atoms with E-state index in [9.17, 15) is 9.90 Å². The van der Waals surface area contributed by atoms with Crippen molar-refractivity contribution in [3.8, 4) is 23.0 Å². The fourth-order valence-corrected chi connectivity index (χ4v) is 6.94. The molecule has 3 atom stereocenters. The van der Waals surface area contributed by atoms with E-state index in [2.05, 4.69) is 33.4 Å². The van der Waals surface area contributed by atoms with E-state index in [0.717, 1.165) is 25.8 Å². The maximum atomic E-state index is 16.6. The zero-order valence-corrected chi connectivity index (χ0v) is 23.9. The molecule has 42 heavy (non-hydrogen) atoms. The highest BCUT2D eigenvalue weighted by Gasteiger charge is 2.49. The standard InChI is InChI=1S/C31H30ClFN6O3/c1-3-25(41)38-11-9-23-24(38)15-39(23)30-21-14-34-28(20-13-19(40)12-17-6-4-8-22(32)26(17)20)27(33)29(21)35-31(36-30)42-16-18-7-5-10-37(18)2/h3-4,6,8,12-14,18,23-24,40H,1,5,7,9-11,15-16H2,2H3/t18-,23+,24+/m0/s1. The second-order valence-corrected chi connectivity index (χ2v) is 11.7. The molecule has 0 bridgehead atoms. The summed E-state index contributed by atoms with van der Waals surface area (Å²) >= 11 is 6.54. The Hall–Kier alpha value is -4.02. The summed E-state index contributed by atoms with van der Waals surface area (Å²) in [6.07, 6.45) is 5.78. The maximum Gasteiger partial charge on any atom is 0.319 e. The van der Waals surface area contributed by atoms with Gasteiger partial charge in [-0.15, -0.1) is 0 Å². The van der Waals surface area contributed by atoms with Crippen LogP contribution in [0.4, 0.5) is 10.2 Å². The maximum absolute atomic E-state index is 16.6. The normalized spacial score (nSPS) is 22.0. The SMILES string of the molecule is C=CC(=O)N1CC[C@@H]2[C@H]1CN2c1nc(OC[C@@H]2CCCN2C)nc2c(F)c(-c3cc(O)cc4cccc(Cl)c34)ncc12. The summed E-state index contributed by atoms with van der Waals surface area (Å²) in [7, 11) is 2.06. The largest absolute Gasteiger partial charge is 0.508 e. The third-order valence-corrected chi connectivity index (χ3v) is 9.22. The predicted octanol–water partition coefficient (Wildman–Crippen LogP) is 4.79. The van der Waals surface area contributed by atoms with Crippen LogP contribution in [-0.4, -0.2) is 87.2 Å². The van der Waals surface area contributed by atoms with Gasteiger partial charge in [0.05, 0.1) is 17.5 Å². The Morgan fingerprint density at radius 2 is 2.10 bits per heavy atom. The van der Waals surface area contributed by atoms with Crippen molar-refractivity contribution >= 4 is 45.0 Å². The molecule has 216 valence electrons. The van der Waals surface area contributed by atoms with E-state index in [1.165, 1.54) is 12.1 Å². The minimum absolute atomic E-state index is 0.0210. The van der Waals surface area contributed by atoms with Gasteiger partial charge in [0.15, 0.2) is 5.82 Å². The van der Waals surface area contributed by atoms with E-state index in [1.54, 1.807) is 30.5 Å². The van der Waals surface area contributed by atoms with E-state index in [-0.39, 0.29) is 47.0 Å². The van der Waals surface area contributed by atoms with Gasteiger partial charge in [0, 0.05) is 41.3 Å². The van der Waals surface area contributed by atoms with Gasteiger partial charge >= 0.3 is 6.01 Å². The van der Waals surface area contributed by atoms with E-state index in [1.807, 2.05) is 4.90 Å². The highest BCUT2D eigenvalue weighted by Crippen LogP contribution is 2.42. The molecule has 0 aliphatic carbocycles. The highest BCUT2D eigenvalue weighted by molar-refractivity contribution is 6.36. The first-order chi connectivity index (χ1) is 20.3. The van der Waals surface area contributed by atoms with Gasteiger partial charge in [-0.05, 0) is 62.5 Å². The number of halogens is 2. The van der Waals surface area contributed by atoms with E-state index >= 15 is 4.39 Å². The summed E-state index contributed by atoms with van der Waals surface area (Å²) in [6.45, 7) is 6.20. The Morgan fingerprint density at radius 1 is 1.24 bits per heavy atom. The van der Waals surface area contributed by atoms with E-state index in [4.69, 9.17) is 21.3 Å². The number of aromatic hydroxyl groups is 1. The zero-order valence-electron chi connectivity index (χ0n) is 23.1. The molecule has 4 aromatic rings. The van der Waals surface area contributed by atoms with Gasteiger partial charge in [0.25, 0.3) is 0 Å². The third kappa shape index (κ3) is 4.32. The van der Waals surface area contributed by atoms with Gasteiger partial charge in [0.2, 0.25) is 5.91 Å². The number of nitrogens with zero attached hydrogens (tertiary/aromatic N) is 6. The highest BCUT2D eigenvalue weighted by atomic mass is 35.5. The van der Waals surface area contributed by atoms with Crippen LogP contribution in [0.5, 0.6) is 11.8 Å². The molecule has 2 aromatic heterocycles. The van der Waals surface area contributed by atoms with Crippen LogP contribution in [0, 0.1) is 5.82 Å². The van der Waals surface area contributed by atoms with Gasteiger partial charge in [0.1, 0.15) is 29.4 Å². The van der Waals surface area contributed by atoms with Crippen LogP contribution >= 0.6 is 11.6 Å². The van der Waals surface area contributed by atoms with Gasteiger partial charge in [-0.3, -0.25) is 9.78 Å². The molecule has 0 unspecified atom stereocenters. The minimum Gasteiger partial charge on any atom is -0.508 e. The lowest BCUT2D eigenvalue weighted by Crippen LogP contribution is -2.63. The molecule has 3 aliphatic rings. The molecular weight excluding hydrogens is 559 g/mol. The van der Waals surface area contributed by atoms with Crippen molar-refractivity contribution in [1.29, 1.82) is 0 Å². The first-order valence-corrected chi connectivity index (χ1v) is 14.5. The Labute approximate surface area is 247 Å². The van der Waals surface area contributed by atoms with Crippen molar-refractivity contribution in [2.75, 3.05) is 38.2 Å². The summed E-state index contributed by atoms with van der Waals surface area (Å²) in [5.41, 5.74) is 0.458. The van der Waals surface area contributed by atoms with Crippen LogP contribution < -0.4 is 9.64 Å². The number of likely N-dealkylation sites (tertiary alicyclic amines) is 2. The fraction of sp³-hybridized carbons (Fsp3) is 0.355. The third-order valence-electron chi connectivity index (χ3n) is 8.91. The van der Waals surface area contributed by atoms with Gasteiger partial charge in [-0.1, -0.05) is 30.3 Å². The van der Waals surface area contributed by atoms with E-state index < -0.39 is 5.82 Å². The smallest absolute Gasteiger partial charge is 0.319 e. The van der Waals surface area contributed by atoms with Crippen LogP contribution in [0.25, 0.3) is 32.9 Å². The molecule has 0 saturated carbocycles. The molecular formula is C31H30ClFN6O3. The van der Waals surface area contributed by atoms with Crippen LogP contribution in [0.3, 0.4) is 0 Å². The minimum atomic E-state index is -0.655. The number of pyridine rings is 1. The fourth-order valence-electron chi connectivity index (χ4n) is 6.66. The Bertz CT molecular complexity index is 1750. The average Bonchev–Trinajstić information content (AvgIpc) is 3.53. The Kier molecular flexibility index (Phi) is 6.62. The number of hydrogen-bond donors (Lipinski definition) is 1. The number of anilines is 1. The molecule has 1 amide bonds. The summed E-state index contributed by atoms with van der Waals surface area (Å²) in [4.78, 5) is 32.4. The molecule has 3 fully saturated rings. The molecule has 0 radical (unpaired) electrons. The molecule has 7 rings (SSSR count). The number of likely N-dealkylation sites (N-methyl/N-ethyl adjacent to an activating group) is 1. The van der Waals surface area contributed by atoms with Gasteiger partial charge in [-0.2, -0.15) is 9.97 Å². The lowest BCUT2D eigenvalue weighted by Gasteiger charge is -2.47. The number of fused-ring (bicyclic) bond motifs is 3. The molecule has 11 heteroatoms. The molecule has 9 nitrogen and oxygen atoms in total. The van der Waals surface area contributed by atoms with Crippen molar-refractivity contribution in [1.82, 2.24) is 24.8 Å². The number of carbonyl (C=O) groups is 1. The topological polar surface area (TPSA) is 94.9 Å². The monoisotopic (exact) mass is 588 g/mol. The summed E-state index contributed by atoms with van der Waals surface area (Å²) in [5.74, 6) is -0.243. The quantitative estimate of drug-likeness (QED) is 0.321. The number of amides is 1. The number of ether oxygens (including phenoxy) is 1. The molecule has 3 aliphatic heterocycles. The predicted molar refractivity (Wildman–Crippen MR) is 160 cm³/mol. The molecule has 3 saturated heterocycles. The molecule has 0 spiro atoms. The first kappa shape index (κ1) is 26.9. The molecule has 2 aromatic carbocycles. The summed E-state index contributed by atoms with van der Waals surface area (Å²) < 4.78 is 22.7. The van der Waals surface area contributed by atoms with Crippen LogP contribution in [0.1, 0.15) is 19.3 Å². The zero-order chi connectivity index (χ0) is 29.1. The second-order valence-electron chi connectivity index (χ2n) is 11.2. The second kappa shape index (κ2) is 10.4. The number of aromatic nitrogens is 3. The van der Waals surface area contributed by atoms with Crippen LogP contribution in [-0.2, 0) is 4.79 Å². The van der Waals surface area contributed by atoms with Crippen molar-refractivity contribution in [2.24, 2.45) is 0 Å². The number of carbonyl (C=O) groups excluding carboxylic acids is 1. The Balaban J connectivity index is 1.34. The first-order valence-electron chi connectivity index (χ1n) is 14.1. The lowest BCUT2D eigenvalue weighted by atomic mass is 9.96. The lowest BCUT2D eigenvalue weighted by molar-refractivity contribution is -0.127. The Morgan fingerprint density at radius 3 is 2.88 bits per heavy atom. The van der Waals surface area contributed by atoms with Crippen LogP contribution in [0.15, 0.2) is 49.2 Å². The molecule has 5 heterocycles. The van der Waals surface area contributed by atoms with Crippen molar-refractivity contribution < 1.29 is 19.0 Å². The van der Waals surface area contributed by atoms with Crippen molar-refractivity contribution in [3.63, 3.8) is 0 Å². The van der Waals surface area contributed by atoms with Crippen molar-refractivity contribution in [3.05, 3.63) is 60.0 Å². The number of phenols is 1. The summed E-state index contributed by atoms with van der Waals surface area (Å²) in [5, 5.41) is 12.6. The van der Waals surface area contributed by atoms with Crippen LogP contribution in [0.2, 0.25) is 5.02 Å². The number of phenolic OH excluding ortho intramolecular Hbond substituents is 1. The van der Waals surface area contributed by atoms with Gasteiger partial charge in [-0.25, -0.2) is 4.39 Å². The number of hydrogen-bond acceptors (Lipinski definition) is 8. The van der Waals surface area contributed by atoms with E-state index in [0.29, 0.717) is 52.3 Å². The van der Waals surface area contributed by atoms with Crippen molar-refractivity contribution in [2.45, 2.75) is 37.4 Å². The molecule has 1 N–H and O–H groups in total. The van der Waals surface area contributed by atoms with Gasteiger partial charge < -0.3 is 24.5 Å². The summed E-state index contributed by atoms with van der Waals surface area (Å²) in [6, 6.07) is 8.74.